The summed E-state index contributed by atoms with van der Waals surface area (Å²) in [7, 11) is 0. The third-order valence-electron chi connectivity index (χ3n) is 6.15. The van der Waals surface area contributed by atoms with Crippen molar-refractivity contribution in [2.24, 2.45) is 5.92 Å². The van der Waals surface area contributed by atoms with Gasteiger partial charge in [-0.3, -0.25) is 4.79 Å². The molecule has 0 aliphatic rings. The van der Waals surface area contributed by atoms with Gasteiger partial charge in [-0.05, 0) is 25.2 Å². The predicted octanol–water partition coefficient (Wildman–Crippen LogP) is 9.40. The van der Waals surface area contributed by atoms with Crippen molar-refractivity contribution in [1.29, 1.82) is 0 Å². The highest BCUT2D eigenvalue weighted by Crippen LogP contribution is 2.20. The van der Waals surface area contributed by atoms with Gasteiger partial charge in [-0.15, -0.1) is 0 Å². The fourth-order valence-electron chi connectivity index (χ4n) is 4.07. The highest BCUT2D eigenvalue weighted by Gasteiger charge is 2.12. The van der Waals surface area contributed by atoms with Crippen LogP contribution in [0.25, 0.3) is 0 Å². The Hall–Kier alpha value is -0.530. The molecule has 174 valence electrons. The summed E-state index contributed by atoms with van der Waals surface area (Å²) in [6, 6.07) is 0. The average molecular weight is 411 g/mol. The van der Waals surface area contributed by atoms with Crippen molar-refractivity contribution in [2.45, 2.75) is 156 Å². The first-order valence-electron chi connectivity index (χ1n) is 13.4. The van der Waals surface area contributed by atoms with Gasteiger partial charge in [0.2, 0.25) is 0 Å². The van der Waals surface area contributed by atoms with E-state index in [4.69, 9.17) is 4.74 Å². The van der Waals surface area contributed by atoms with Gasteiger partial charge in [0.15, 0.2) is 0 Å². The molecule has 0 amide bonds. The molecule has 0 aromatic carbocycles. The SMILES string of the molecule is CCCCCCCCC(=O)OCC(CCCCCCCC)CCCCCCCC. The van der Waals surface area contributed by atoms with E-state index >= 15 is 0 Å². The number of carbonyl (C=O) groups is 1. The van der Waals surface area contributed by atoms with Crippen molar-refractivity contribution in [3.8, 4) is 0 Å². The van der Waals surface area contributed by atoms with Crippen LogP contribution in [-0.2, 0) is 9.53 Å². The Morgan fingerprint density at radius 1 is 0.552 bits per heavy atom. The molecule has 2 heteroatoms. The van der Waals surface area contributed by atoms with Crippen LogP contribution >= 0.6 is 0 Å². The van der Waals surface area contributed by atoms with Crippen molar-refractivity contribution in [3.63, 3.8) is 0 Å². The summed E-state index contributed by atoms with van der Waals surface area (Å²) in [5.41, 5.74) is 0. The summed E-state index contributed by atoms with van der Waals surface area (Å²) in [4.78, 5) is 12.1. The fourth-order valence-corrected chi connectivity index (χ4v) is 4.07. The van der Waals surface area contributed by atoms with Crippen molar-refractivity contribution in [2.75, 3.05) is 6.61 Å². The van der Waals surface area contributed by atoms with Crippen LogP contribution in [0.2, 0.25) is 0 Å². The molecule has 0 aromatic heterocycles. The molecule has 0 aliphatic heterocycles. The number of carbonyl (C=O) groups excluding carboxylic acids is 1. The second-order valence-electron chi connectivity index (χ2n) is 9.18. The molecule has 0 saturated carbocycles. The van der Waals surface area contributed by atoms with Gasteiger partial charge in [0.05, 0.1) is 6.61 Å². The van der Waals surface area contributed by atoms with Gasteiger partial charge in [0.25, 0.3) is 0 Å². The lowest BCUT2D eigenvalue weighted by molar-refractivity contribution is -0.145. The highest BCUT2D eigenvalue weighted by atomic mass is 16.5. The number of rotatable bonds is 23. The number of hydrogen-bond acceptors (Lipinski definition) is 2. The molecule has 0 aromatic rings. The van der Waals surface area contributed by atoms with Gasteiger partial charge in [0, 0.05) is 6.42 Å². The van der Waals surface area contributed by atoms with Crippen molar-refractivity contribution in [3.05, 3.63) is 0 Å². The van der Waals surface area contributed by atoms with Crippen molar-refractivity contribution in [1.82, 2.24) is 0 Å². The van der Waals surface area contributed by atoms with E-state index in [1.807, 2.05) is 0 Å². The van der Waals surface area contributed by atoms with E-state index in [0.717, 1.165) is 6.42 Å². The summed E-state index contributed by atoms with van der Waals surface area (Å²) >= 11 is 0. The molecule has 0 heterocycles. The molecular formula is C27H54O2. The highest BCUT2D eigenvalue weighted by molar-refractivity contribution is 5.69. The zero-order valence-corrected chi connectivity index (χ0v) is 20.5. The minimum Gasteiger partial charge on any atom is -0.465 e. The molecule has 0 fully saturated rings. The quantitative estimate of drug-likeness (QED) is 0.124. The minimum absolute atomic E-state index is 0.0383. The standard InChI is InChI=1S/C27H54O2/c1-4-7-10-13-16-19-22-26(23-20-17-14-11-8-5-2)25-29-27(28)24-21-18-15-12-9-6-3/h26H,4-25H2,1-3H3. The van der Waals surface area contributed by atoms with Gasteiger partial charge >= 0.3 is 5.97 Å². The molecule has 29 heavy (non-hydrogen) atoms. The van der Waals surface area contributed by atoms with Crippen LogP contribution in [0.3, 0.4) is 0 Å². The summed E-state index contributed by atoms with van der Waals surface area (Å²) in [5, 5.41) is 0. The van der Waals surface area contributed by atoms with Gasteiger partial charge in [0.1, 0.15) is 0 Å². The number of ether oxygens (including phenoxy) is 1. The van der Waals surface area contributed by atoms with E-state index < -0.39 is 0 Å². The maximum atomic E-state index is 12.1. The van der Waals surface area contributed by atoms with Crippen LogP contribution in [0.15, 0.2) is 0 Å². The van der Waals surface area contributed by atoms with Crippen LogP contribution in [0.5, 0.6) is 0 Å². The molecule has 0 rings (SSSR count). The van der Waals surface area contributed by atoms with E-state index in [0.29, 0.717) is 18.9 Å². The number of esters is 1. The Morgan fingerprint density at radius 3 is 1.38 bits per heavy atom. The maximum Gasteiger partial charge on any atom is 0.305 e. The van der Waals surface area contributed by atoms with Gasteiger partial charge < -0.3 is 4.74 Å². The Labute approximate surface area is 184 Å². The Bertz CT molecular complexity index is 310. The van der Waals surface area contributed by atoms with E-state index in [-0.39, 0.29) is 5.97 Å². The second kappa shape index (κ2) is 23.7. The van der Waals surface area contributed by atoms with Crippen molar-refractivity contribution < 1.29 is 9.53 Å². The maximum absolute atomic E-state index is 12.1. The summed E-state index contributed by atoms with van der Waals surface area (Å²) < 4.78 is 5.68. The van der Waals surface area contributed by atoms with E-state index in [1.165, 1.54) is 122 Å². The van der Waals surface area contributed by atoms with E-state index in [1.54, 1.807) is 0 Å². The molecule has 2 nitrogen and oxygen atoms in total. The lowest BCUT2D eigenvalue weighted by atomic mass is 9.94. The molecular weight excluding hydrogens is 356 g/mol. The lowest BCUT2D eigenvalue weighted by Crippen LogP contribution is -2.14. The summed E-state index contributed by atoms with van der Waals surface area (Å²) in [6.07, 6.45) is 26.6. The van der Waals surface area contributed by atoms with Crippen LogP contribution in [-0.4, -0.2) is 12.6 Å². The largest absolute Gasteiger partial charge is 0.465 e. The summed E-state index contributed by atoms with van der Waals surface area (Å²) in [5.74, 6) is 0.622. The lowest BCUT2D eigenvalue weighted by Gasteiger charge is -2.17. The first kappa shape index (κ1) is 28.5. The Balaban J connectivity index is 3.96. The minimum atomic E-state index is 0.0383. The topological polar surface area (TPSA) is 26.3 Å². The van der Waals surface area contributed by atoms with Crippen LogP contribution in [0, 0.1) is 5.92 Å². The first-order valence-corrected chi connectivity index (χ1v) is 13.4. The molecule has 0 N–H and O–H groups in total. The first-order chi connectivity index (χ1) is 14.2. The molecule has 0 spiro atoms. The van der Waals surface area contributed by atoms with E-state index in [9.17, 15) is 4.79 Å². The normalized spacial score (nSPS) is 11.3. The smallest absolute Gasteiger partial charge is 0.305 e. The third kappa shape index (κ3) is 22.0. The molecule has 0 unspecified atom stereocenters. The average Bonchev–Trinajstić information content (AvgIpc) is 2.73. The monoisotopic (exact) mass is 410 g/mol. The van der Waals surface area contributed by atoms with Crippen LogP contribution < -0.4 is 0 Å². The number of hydrogen-bond donors (Lipinski definition) is 0. The third-order valence-corrected chi connectivity index (χ3v) is 6.15. The van der Waals surface area contributed by atoms with Gasteiger partial charge in [-0.1, -0.05) is 130 Å². The van der Waals surface area contributed by atoms with Crippen LogP contribution in [0.1, 0.15) is 156 Å². The summed E-state index contributed by atoms with van der Waals surface area (Å²) in [6.45, 7) is 7.45. The zero-order valence-electron chi connectivity index (χ0n) is 20.5. The number of unbranched alkanes of at least 4 members (excludes halogenated alkanes) is 15. The zero-order chi connectivity index (χ0) is 21.4. The van der Waals surface area contributed by atoms with Gasteiger partial charge in [-0.2, -0.15) is 0 Å². The van der Waals surface area contributed by atoms with E-state index in [2.05, 4.69) is 20.8 Å². The molecule has 0 atom stereocenters. The Kier molecular flexibility index (Phi) is 23.3. The molecule has 0 bridgehead atoms. The molecule has 0 aliphatic carbocycles. The molecule has 0 saturated heterocycles. The van der Waals surface area contributed by atoms with Crippen molar-refractivity contribution >= 4 is 5.97 Å². The molecule has 0 radical (unpaired) electrons. The van der Waals surface area contributed by atoms with Gasteiger partial charge in [-0.25, -0.2) is 0 Å². The predicted molar refractivity (Wildman–Crippen MR) is 128 cm³/mol. The Morgan fingerprint density at radius 2 is 0.931 bits per heavy atom. The fraction of sp³-hybridized carbons (Fsp3) is 0.963. The second-order valence-corrected chi connectivity index (χ2v) is 9.18. The van der Waals surface area contributed by atoms with Crippen LogP contribution in [0.4, 0.5) is 0 Å².